The number of nitrogens with zero attached hydrogens (tertiary/aromatic N) is 3. The second-order valence-electron chi connectivity index (χ2n) is 4.47. The van der Waals surface area contributed by atoms with E-state index in [1.54, 1.807) is 0 Å². The summed E-state index contributed by atoms with van der Waals surface area (Å²) in [7, 11) is 0. The molecule has 5 nitrogen and oxygen atoms in total. The third-order valence-corrected chi connectivity index (χ3v) is 3.52. The first-order valence-electron chi connectivity index (χ1n) is 6.28. The van der Waals surface area contributed by atoms with Crippen molar-refractivity contribution in [2.45, 2.75) is 19.4 Å². The SMILES string of the molecule is NC(=NCc1ccc(Br)cc1)/N=C(\N)N1CCCC1. The topological polar surface area (TPSA) is 80.0 Å². The van der Waals surface area contributed by atoms with Crippen LogP contribution in [0.3, 0.4) is 0 Å². The zero-order valence-electron chi connectivity index (χ0n) is 10.7. The molecule has 19 heavy (non-hydrogen) atoms. The Hall–Kier alpha value is -1.56. The lowest BCUT2D eigenvalue weighted by atomic mass is 10.2. The number of guanidine groups is 2. The van der Waals surface area contributed by atoms with Gasteiger partial charge in [0.25, 0.3) is 0 Å². The molecule has 4 N–H and O–H groups in total. The Morgan fingerprint density at radius 3 is 2.42 bits per heavy atom. The highest BCUT2D eigenvalue weighted by Crippen LogP contribution is 2.11. The van der Waals surface area contributed by atoms with Crippen molar-refractivity contribution in [3.63, 3.8) is 0 Å². The number of halogens is 1. The average molecular weight is 324 g/mol. The summed E-state index contributed by atoms with van der Waals surface area (Å²) >= 11 is 3.39. The minimum absolute atomic E-state index is 0.229. The Balaban J connectivity index is 1.94. The molecule has 102 valence electrons. The van der Waals surface area contributed by atoms with E-state index in [2.05, 4.69) is 25.9 Å². The van der Waals surface area contributed by atoms with Crippen LogP contribution in [0.2, 0.25) is 0 Å². The Kier molecular flexibility index (Phi) is 4.79. The number of hydrogen-bond donors (Lipinski definition) is 2. The Morgan fingerprint density at radius 1 is 1.16 bits per heavy atom. The van der Waals surface area contributed by atoms with Crippen LogP contribution in [0.5, 0.6) is 0 Å². The highest BCUT2D eigenvalue weighted by Gasteiger charge is 2.13. The van der Waals surface area contributed by atoms with Crippen LogP contribution in [0.4, 0.5) is 0 Å². The van der Waals surface area contributed by atoms with Gasteiger partial charge in [0.15, 0.2) is 5.96 Å². The number of likely N-dealkylation sites (tertiary alicyclic amines) is 1. The third kappa shape index (κ3) is 4.24. The van der Waals surface area contributed by atoms with Crippen molar-refractivity contribution in [3.05, 3.63) is 34.3 Å². The highest BCUT2D eigenvalue weighted by atomic mass is 79.9. The summed E-state index contributed by atoms with van der Waals surface area (Å²) in [6.07, 6.45) is 2.32. The van der Waals surface area contributed by atoms with Crippen LogP contribution < -0.4 is 11.5 Å². The lowest BCUT2D eigenvalue weighted by Crippen LogP contribution is -2.36. The van der Waals surface area contributed by atoms with Gasteiger partial charge in [0, 0.05) is 17.6 Å². The van der Waals surface area contributed by atoms with Crippen molar-refractivity contribution in [3.8, 4) is 0 Å². The molecule has 1 aromatic carbocycles. The van der Waals surface area contributed by atoms with Gasteiger partial charge < -0.3 is 16.4 Å². The summed E-state index contributed by atoms with van der Waals surface area (Å²) in [5.74, 6) is 0.696. The van der Waals surface area contributed by atoms with Gasteiger partial charge in [0.1, 0.15) is 0 Å². The van der Waals surface area contributed by atoms with E-state index in [-0.39, 0.29) is 5.96 Å². The molecule has 1 aromatic rings. The first-order chi connectivity index (χ1) is 9.15. The molecule has 1 heterocycles. The Labute approximate surface area is 121 Å². The van der Waals surface area contributed by atoms with Crippen LogP contribution >= 0.6 is 15.9 Å². The molecule has 0 aromatic heterocycles. The van der Waals surface area contributed by atoms with E-state index in [1.807, 2.05) is 29.2 Å². The van der Waals surface area contributed by atoms with Gasteiger partial charge in [0.2, 0.25) is 5.96 Å². The number of rotatable bonds is 2. The van der Waals surface area contributed by atoms with E-state index >= 15 is 0 Å². The van der Waals surface area contributed by atoms with Crippen LogP contribution in [0.15, 0.2) is 38.7 Å². The highest BCUT2D eigenvalue weighted by molar-refractivity contribution is 9.10. The van der Waals surface area contributed by atoms with Crippen LogP contribution in [0.25, 0.3) is 0 Å². The maximum Gasteiger partial charge on any atom is 0.218 e. The molecule has 0 unspecified atom stereocenters. The fourth-order valence-electron chi connectivity index (χ4n) is 1.93. The van der Waals surface area contributed by atoms with E-state index in [9.17, 15) is 0 Å². The predicted octanol–water partition coefficient (Wildman–Crippen LogP) is 1.67. The monoisotopic (exact) mass is 323 g/mol. The fourth-order valence-corrected chi connectivity index (χ4v) is 2.20. The normalized spacial score (nSPS) is 17.0. The molecule has 0 amide bonds. The minimum Gasteiger partial charge on any atom is -0.369 e. The predicted molar refractivity (Wildman–Crippen MR) is 81.9 cm³/mol. The number of hydrogen-bond acceptors (Lipinski definition) is 1. The van der Waals surface area contributed by atoms with Crippen molar-refractivity contribution in [1.29, 1.82) is 0 Å². The maximum absolute atomic E-state index is 5.88. The van der Waals surface area contributed by atoms with E-state index in [1.165, 1.54) is 0 Å². The molecule has 0 bridgehead atoms. The van der Waals surface area contributed by atoms with Gasteiger partial charge in [-0.15, -0.1) is 0 Å². The van der Waals surface area contributed by atoms with E-state index in [0.717, 1.165) is 36.0 Å². The van der Waals surface area contributed by atoms with Crippen LogP contribution in [0.1, 0.15) is 18.4 Å². The summed E-state index contributed by atoms with van der Waals surface area (Å²) in [5, 5.41) is 0. The van der Waals surface area contributed by atoms with Gasteiger partial charge in [0.05, 0.1) is 6.54 Å². The number of benzene rings is 1. The zero-order valence-corrected chi connectivity index (χ0v) is 12.3. The molecule has 1 aliphatic heterocycles. The molecule has 0 aliphatic carbocycles. The zero-order chi connectivity index (χ0) is 13.7. The lowest BCUT2D eigenvalue weighted by molar-refractivity contribution is 0.514. The van der Waals surface area contributed by atoms with Crippen LogP contribution in [-0.4, -0.2) is 29.9 Å². The molecule has 0 atom stereocenters. The molecule has 1 aliphatic rings. The average Bonchev–Trinajstić information content (AvgIpc) is 2.92. The molecular formula is C13H18BrN5. The lowest BCUT2D eigenvalue weighted by Gasteiger charge is -2.15. The van der Waals surface area contributed by atoms with Gasteiger partial charge in [-0.05, 0) is 30.5 Å². The molecule has 0 saturated carbocycles. The molecule has 2 rings (SSSR count). The minimum atomic E-state index is 0.229. The van der Waals surface area contributed by atoms with Gasteiger partial charge >= 0.3 is 0 Å². The maximum atomic E-state index is 5.88. The van der Waals surface area contributed by atoms with Gasteiger partial charge in [-0.2, -0.15) is 4.99 Å². The quantitative estimate of drug-likeness (QED) is 0.641. The largest absolute Gasteiger partial charge is 0.369 e. The molecular weight excluding hydrogens is 306 g/mol. The van der Waals surface area contributed by atoms with E-state index in [0.29, 0.717) is 12.5 Å². The third-order valence-electron chi connectivity index (χ3n) is 3.00. The van der Waals surface area contributed by atoms with Gasteiger partial charge in [-0.1, -0.05) is 28.1 Å². The molecule has 1 saturated heterocycles. The summed E-state index contributed by atoms with van der Waals surface area (Å²) in [4.78, 5) is 10.4. The summed E-state index contributed by atoms with van der Waals surface area (Å²) < 4.78 is 1.05. The Morgan fingerprint density at radius 2 is 1.79 bits per heavy atom. The number of aliphatic imine (C=N–C) groups is 2. The Bertz CT molecular complexity index is 474. The van der Waals surface area contributed by atoms with Crippen molar-refractivity contribution < 1.29 is 0 Å². The summed E-state index contributed by atoms with van der Waals surface area (Å²) in [6, 6.07) is 7.94. The molecule has 1 fully saturated rings. The molecule has 0 radical (unpaired) electrons. The molecule has 0 spiro atoms. The smallest absolute Gasteiger partial charge is 0.218 e. The van der Waals surface area contributed by atoms with Crippen molar-refractivity contribution in [1.82, 2.24) is 4.90 Å². The van der Waals surface area contributed by atoms with E-state index in [4.69, 9.17) is 11.5 Å². The first-order valence-corrected chi connectivity index (χ1v) is 7.08. The fraction of sp³-hybridized carbons (Fsp3) is 0.385. The standard InChI is InChI=1S/C13H18BrN5/c14-11-5-3-10(4-6-11)9-17-12(15)18-13(16)19-7-1-2-8-19/h3-6H,1-2,7-9H2,(H4,15,16,17,18). The first kappa shape index (κ1) is 13.9. The van der Waals surface area contributed by atoms with Crippen LogP contribution in [-0.2, 0) is 6.54 Å². The van der Waals surface area contributed by atoms with Crippen molar-refractivity contribution in [2.24, 2.45) is 21.5 Å². The summed E-state index contributed by atoms with van der Waals surface area (Å²) in [6.45, 7) is 2.42. The van der Waals surface area contributed by atoms with Crippen LogP contribution in [0, 0.1) is 0 Å². The van der Waals surface area contributed by atoms with Crippen molar-refractivity contribution in [2.75, 3.05) is 13.1 Å². The molecule has 6 heteroatoms. The second kappa shape index (κ2) is 6.56. The number of nitrogens with two attached hydrogens (primary N) is 2. The van der Waals surface area contributed by atoms with Gasteiger partial charge in [-0.25, -0.2) is 4.99 Å². The van der Waals surface area contributed by atoms with Gasteiger partial charge in [-0.3, -0.25) is 0 Å². The van der Waals surface area contributed by atoms with E-state index < -0.39 is 0 Å². The summed E-state index contributed by atoms with van der Waals surface area (Å²) in [5.41, 5.74) is 12.7. The second-order valence-corrected chi connectivity index (χ2v) is 5.38. The van der Waals surface area contributed by atoms with Crippen molar-refractivity contribution >= 4 is 27.8 Å².